The molecule has 0 amide bonds. The summed E-state index contributed by atoms with van der Waals surface area (Å²) in [5.74, 6) is 0.870. The van der Waals surface area contributed by atoms with Crippen molar-refractivity contribution >= 4 is 17.9 Å². The van der Waals surface area contributed by atoms with Crippen LogP contribution in [0.5, 0.6) is 17.2 Å². The molecule has 2 N–H and O–H groups in total. The Labute approximate surface area is 188 Å². The zero-order valence-corrected chi connectivity index (χ0v) is 18.4. The predicted molar refractivity (Wildman–Crippen MR) is 121 cm³/mol. The molecule has 1 heterocycles. The number of benzene rings is 2. The molecule has 1 aromatic heterocycles. The molecule has 172 valence electrons. The summed E-state index contributed by atoms with van der Waals surface area (Å²) in [6.45, 7) is 3.51. The van der Waals surface area contributed by atoms with Crippen molar-refractivity contribution in [3.63, 3.8) is 0 Å². The molecule has 12 heteroatoms. The van der Waals surface area contributed by atoms with Gasteiger partial charge in [-0.15, -0.1) is 10.2 Å². The zero-order valence-electron chi connectivity index (χ0n) is 18.4. The van der Waals surface area contributed by atoms with Crippen molar-refractivity contribution in [2.75, 3.05) is 19.6 Å². The van der Waals surface area contributed by atoms with Crippen LogP contribution in [0.2, 0.25) is 0 Å². The van der Waals surface area contributed by atoms with Gasteiger partial charge in [0.2, 0.25) is 11.7 Å². The molecule has 0 radical (unpaired) electrons. The van der Waals surface area contributed by atoms with E-state index < -0.39 is 10.5 Å². The van der Waals surface area contributed by atoms with E-state index in [1.54, 1.807) is 45.2 Å². The molecule has 0 saturated heterocycles. The van der Waals surface area contributed by atoms with Crippen LogP contribution in [0.25, 0.3) is 11.3 Å². The number of methoxy groups -OCH3 is 2. The van der Waals surface area contributed by atoms with E-state index >= 15 is 0 Å². The molecule has 2 aromatic carbocycles. The van der Waals surface area contributed by atoms with Crippen LogP contribution >= 0.6 is 0 Å². The SMILES string of the molecule is COc1ccc(-c2nnc(N/N=C/c3cc(OC)c(OC(C)C)c([N+](=O)[O-])c3)[nH]c2=O)cc1. The van der Waals surface area contributed by atoms with Gasteiger partial charge in [-0.2, -0.15) is 5.10 Å². The first-order valence-electron chi connectivity index (χ1n) is 9.76. The Morgan fingerprint density at radius 3 is 2.45 bits per heavy atom. The lowest BCUT2D eigenvalue weighted by molar-refractivity contribution is -0.386. The molecule has 0 unspecified atom stereocenters. The Balaban J connectivity index is 1.80. The molecular formula is C21H22N6O6. The van der Waals surface area contributed by atoms with Crippen molar-refractivity contribution in [3.05, 3.63) is 62.4 Å². The Kier molecular flexibility index (Phi) is 7.18. The summed E-state index contributed by atoms with van der Waals surface area (Å²) < 4.78 is 15.9. The minimum absolute atomic E-state index is 0.00487. The number of ether oxygens (including phenoxy) is 3. The van der Waals surface area contributed by atoms with Crippen molar-refractivity contribution in [3.8, 4) is 28.5 Å². The van der Waals surface area contributed by atoms with Gasteiger partial charge in [0.05, 0.1) is 31.5 Å². The fraction of sp³-hybridized carbons (Fsp3) is 0.238. The molecule has 0 aliphatic rings. The molecule has 0 bridgehead atoms. The monoisotopic (exact) mass is 454 g/mol. The van der Waals surface area contributed by atoms with Crippen LogP contribution in [-0.2, 0) is 0 Å². The molecule has 12 nitrogen and oxygen atoms in total. The van der Waals surface area contributed by atoms with Crippen LogP contribution in [0.4, 0.5) is 11.6 Å². The first kappa shape index (κ1) is 23.2. The first-order chi connectivity index (χ1) is 15.8. The van der Waals surface area contributed by atoms with Gasteiger partial charge in [0.1, 0.15) is 5.75 Å². The number of nitro groups is 1. The van der Waals surface area contributed by atoms with Gasteiger partial charge in [-0.1, -0.05) is 0 Å². The third-order valence-corrected chi connectivity index (χ3v) is 4.27. The van der Waals surface area contributed by atoms with Gasteiger partial charge in [0.15, 0.2) is 11.4 Å². The maximum absolute atomic E-state index is 12.4. The number of hydrazone groups is 1. The molecule has 0 aliphatic carbocycles. The molecule has 0 spiro atoms. The first-order valence-corrected chi connectivity index (χ1v) is 9.76. The quantitative estimate of drug-likeness (QED) is 0.282. The average Bonchev–Trinajstić information content (AvgIpc) is 2.79. The zero-order chi connectivity index (χ0) is 24.0. The van der Waals surface area contributed by atoms with Crippen molar-refractivity contribution in [1.82, 2.24) is 15.2 Å². The number of nitrogens with zero attached hydrogens (tertiary/aromatic N) is 4. The van der Waals surface area contributed by atoms with Gasteiger partial charge < -0.3 is 14.2 Å². The molecule has 33 heavy (non-hydrogen) atoms. The summed E-state index contributed by atoms with van der Waals surface area (Å²) in [4.78, 5) is 25.8. The highest BCUT2D eigenvalue weighted by Gasteiger charge is 2.23. The Hall–Kier alpha value is -4.48. The second-order valence-electron chi connectivity index (χ2n) is 6.94. The van der Waals surface area contributed by atoms with E-state index in [1.807, 2.05) is 0 Å². The third kappa shape index (κ3) is 5.61. The van der Waals surface area contributed by atoms with Crippen LogP contribution in [0.3, 0.4) is 0 Å². The molecule has 0 saturated carbocycles. The van der Waals surface area contributed by atoms with Crippen LogP contribution in [0, 0.1) is 10.1 Å². The van der Waals surface area contributed by atoms with Crippen molar-refractivity contribution < 1.29 is 19.1 Å². The average molecular weight is 454 g/mol. The van der Waals surface area contributed by atoms with Crippen LogP contribution in [0.1, 0.15) is 19.4 Å². The number of anilines is 1. The van der Waals surface area contributed by atoms with Gasteiger partial charge in [-0.25, -0.2) is 5.43 Å². The van der Waals surface area contributed by atoms with E-state index in [1.165, 1.54) is 25.5 Å². The highest BCUT2D eigenvalue weighted by Crippen LogP contribution is 2.38. The number of hydrogen-bond donors (Lipinski definition) is 2. The lowest BCUT2D eigenvalue weighted by atomic mass is 10.1. The maximum atomic E-state index is 12.4. The second-order valence-corrected chi connectivity index (χ2v) is 6.94. The summed E-state index contributed by atoms with van der Waals surface area (Å²) >= 11 is 0. The molecule has 3 rings (SSSR count). The standard InChI is InChI=1S/C21H22N6O6/c1-12(2)33-19-16(27(29)30)9-13(10-17(19)32-4)11-22-25-21-23-20(28)18(24-26-21)14-5-7-15(31-3)8-6-14/h5-12H,1-4H3,(H2,23,25,26,28)/b22-11+. The van der Waals surface area contributed by atoms with Gasteiger partial charge in [0.25, 0.3) is 5.56 Å². The molecule has 0 atom stereocenters. The number of nitro benzene ring substituents is 1. The topological polar surface area (TPSA) is 154 Å². The summed E-state index contributed by atoms with van der Waals surface area (Å²) in [6, 6.07) is 9.63. The maximum Gasteiger partial charge on any atom is 0.315 e. The van der Waals surface area contributed by atoms with Gasteiger partial charge in [-0.3, -0.25) is 19.9 Å². The molecular weight excluding hydrogens is 432 g/mol. The van der Waals surface area contributed by atoms with Crippen LogP contribution < -0.4 is 25.2 Å². The number of rotatable bonds is 9. The summed E-state index contributed by atoms with van der Waals surface area (Å²) in [5, 5.41) is 23.3. The largest absolute Gasteiger partial charge is 0.497 e. The minimum atomic E-state index is -0.564. The molecule has 0 fully saturated rings. The smallest absolute Gasteiger partial charge is 0.315 e. The summed E-state index contributed by atoms with van der Waals surface area (Å²) in [6.07, 6.45) is 1.03. The molecule has 3 aromatic rings. The van der Waals surface area contributed by atoms with Gasteiger partial charge >= 0.3 is 5.69 Å². The van der Waals surface area contributed by atoms with E-state index in [9.17, 15) is 14.9 Å². The highest BCUT2D eigenvalue weighted by molar-refractivity contribution is 5.83. The van der Waals surface area contributed by atoms with Crippen LogP contribution in [-0.4, -0.2) is 46.6 Å². The van der Waals surface area contributed by atoms with E-state index in [0.29, 0.717) is 16.9 Å². The Bertz CT molecular complexity index is 1220. The fourth-order valence-electron chi connectivity index (χ4n) is 2.82. The van der Waals surface area contributed by atoms with Gasteiger partial charge in [0, 0.05) is 17.2 Å². The second kappa shape index (κ2) is 10.2. The van der Waals surface area contributed by atoms with Gasteiger partial charge in [-0.05, 0) is 44.2 Å². The minimum Gasteiger partial charge on any atom is -0.497 e. The summed E-state index contributed by atoms with van der Waals surface area (Å²) in [5.41, 5.74) is 2.88. The Morgan fingerprint density at radius 2 is 1.88 bits per heavy atom. The van der Waals surface area contributed by atoms with E-state index in [0.717, 1.165) is 0 Å². The van der Waals surface area contributed by atoms with Crippen molar-refractivity contribution in [1.29, 1.82) is 0 Å². The number of hydrogen-bond acceptors (Lipinski definition) is 10. The van der Waals surface area contributed by atoms with Crippen molar-refractivity contribution in [2.45, 2.75) is 20.0 Å². The molecule has 0 aliphatic heterocycles. The van der Waals surface area contributed by atoms with Crippen LogP contribution in [0.15, 0.2) is 46.3 Å². The fourth-order valence-corrected chi connectivity index (χ4v) is 2.82. The lowest BCUT2D eigenvalue weighted by Crippen LogP contribution is -2.15. The number of aromatic nitrogens is 3. The van der Waals surface area contributed by atoms with E-state index in [2.05, 4.69) is 25.7 Å². The number of nitrogens with one attached hydrogen (secondary N) is 2. The normalized spacial score (nSPS) is 10.9. The van der Waals surface area contributed by atoms with E-state index in [-0.39, 0.29) is 34.9 Å². The van der Waals surface area contributed by atoms with Crippen molar-refractivity contribution in [2.24, 2.45) is 5.10 Å². The summed E-state index contributed by atoms with van der Waals surface area (Å²) in [7, 11) is 2.93. The lowest BCUT2D eigenvalue weighted by Gasteiger charge is -2.14. The predicted octanol–water partition coefficient (Wildman–Crippen LogP) is 2.99. The number of H-pyrrole nitrogens is 1. The van der Waals surface area contributed by atoms with E-state index in [4.69, 9.17) is 14.2 Å². The number of aromatic amines is 1. The highest BCUT2D eigenvalue weighted by atomic mass is 16.6. The third-order valence-electron chi connectivity index (χ3n) is 4.27. The Morgan fingerprint density at radius 1 is 1.15 bits per heavy atom.